The van der Waals surface area contributed by atoms with E-state index in [4.69, 9.17) is 0 Å². The highest BCUT2D eigenvalue weighted by molar-refractivity contribution is 6.04. The molecule has 3 aromatic carbocycles. The summed E-state index contributed by atoms with van der Waals surface area (Å²) in [5.41, 5.74) is 3.40. The van der Waals surface area contributed by atoms with Gasteiger partial charge in [-0.2, -0.15) is 0 Å². The lowest BCUT2D eigenvalue weighted by Crippen LogP contribution is -2.40. The van der Waals surface area contributed by atoms with Gasteiger partial charge in [-0.15, -0.1) is 0 Å². The molecule has 0 fully saturated rings. The molecule has 0 saturated heterocycles. The molecular weight excluding hydrogens is 348 g/mol. The Balaban J connectivity index is 1.64. The van der Waals surface area contributed by atoms with E-state index >= 15 is 0 Å². The predicted octanol–water partition coefficient (Wildman–Crippen LogP) is 4.26. The van der Waals surface area contributed by atoms with E-state index in [1.165, 1.54) is 0 Å². The number of nitrogens with one attached hydrogen (secondary N) is 1. The molecule has 4 heteroatoms. The van der Waals surface area contributed by atoms with E-state index in [1.807, 2.05) is 85.8 Å². The first-order valence-electron chi connectivity index (χ1n) is 9.45. The number of rotatable bonds is 5. The zero-order valence-electron chi connectivity index (χ0n) is 15.7. The minimum atomic E-state index is -0.636. The van der Waals surface area contributed by atoms with E-state index in [1.54, 1.807) is 11.0 Å². The quantitative estimate of drug-likeness (QED) is 0.729. The fourth-order valence-electron chi connectivity index (χ4n) is 3.78. The van der Waals surface area contributed by atoms with Gasteiger partial charge in [0.2, 0.25) is 5.91 Å². The van der Waals surface area contributed by atoms with Crippen molar-refractivity contribution in [3.05, 3.63) is 107 Å². The van der Waals surface area contributed by atoms with Gasteiger partial charge in [-0.05, 0) is 29.7 Å². The predicted molar refractivity (Wildman–Crippen MR) is 108 cm³/mol. The van der Waals surface area contributed by atoms with Gasteiger partial charge in [0.05, 0.1) is 6.04 Å². The van der Waals surface area contributed by atoms with Crippen LogP contribution in [0.25, 0.3) is 0 Å². The number of hydrogen-bond acceptors (Lipinski definition) is 2. The topological polar surface area (TPSA) is 49.4 Å². The van der Waals surface area contributed by atoms with Crippen LogP contribution in [-0.2, 0) is 11.3 Å². The fraction of sp³-hybridized carbons (Fsp3) is 0.167. The summed E-state index contributed by atoms with van der Waals surface area (Å²) < 4.78 is 0. The summed E-state index contributed by atoms with van der Waals surface area (Å²) >= 11 is 0. The van der Waals surface area contributed by atoms with Gasteiger partial charge in [-0.25, -0.2) is 0 Å². The van der Waals surface area contributed by atoms with Gasteiger partial charge in [0.15, 0.2) is 0 Å². The van der Waals surface area contributed by atoms with E-state index in [2.05, 4.69) is 5.32 Å². The Kier molecular flexibility index (Phi) is 4.94. The van der Waals surface area contributed by atoms with E-state index in [9.17, 15) is 9.59 Å². The third kappa shape index (κ3) is 3.29. The molecule has 0 aliphatic carbocycles. The fourth-order valence-corrected chi connectivity index (χ4v) is 3.78. The maximum absolute atomic E-state index is 13.2. The Morgan fingerprint density at radius 1 is 0.929 bits per heavy atom. The number of carbonyl (C=O) groups is 2. The molecule has 3 aromatic rings. The van der Waals surface area contributed by atoms with Crippen LogP contribution >= 0.6 is 0 Å². The number of hydrogen-bond donors (Lipinski definition) is 1. The Hall–Kier alpha value is -3.40. The number of nitrogens with zero attached hydrogens (tertiary/aromatic N) is 1. The largest absolute Gasteiger partial charge is 0.350 e. The molecule has 0 unspecified atom stereocenters. The highest BCUT2D eigenvalue weighted by Gasteiger charge is 2.43. The zero-order valence-corrected chi connectivity index (χ0v) is 15.7. The molecule has 0 radical (unpaired) electrons. The molecule has 2 atom stereocenters. The van der Waals surface area contributed by atoms with Crippen LogP contribution in [0, 0.1) is 0 Å². The van der Waals surface area contributed by atoms with Crippen LogP contribution in [-0.4, -0.2) is 16.7 Å². The second-order valence-electron chi connectivity index (χ2n) is 6.99. The lowest BCUT2D eigenvalue weighted by Gasteiger charge is -2.31. The molecule has 0 saturated carbocycles. The molecule has 0 spiro atoms. The summed E-state index contributed by atoms with van der Waals surface area (Å²) in [7, 11) is 0. The Labute approximate surface area is 164 Å². The van der Waals surface area contributed by atoms with Crippen molar-refractivity contribution in [2.45, 2.75) is 25.6 Å². The Bertz CT molecular complexity index is 986. The molecule has 0 bridgehead atoms. The molecule has 1 heterocycles. The third-order valence-electron chi connectivity index (χ3n) is 5.26. The summed E-state index contributed by atoms with van der Waals surface area (Å²) in [6, 6.07) is 26.1. The number of carbonyl (C=O) groups excluding carboxylic acids is 2. The van der Waals surface area contributed by atoms with Crippen molar-refractivity contribution in [2.24, 2.45) is 0 Å². The van der Waals surface area contributed by atoms with E-state index in [-0.39, 0.29) is 17.9 Å². The standard InChI is InChI=1S/C24H22N2O2/c1-17(19-12-6-3-7-13-19)26-22(20-14-8-9-15-21(20)24(26)28)23(27)25-16-18-10-4-2-5-11-18/h2-15,17,22H,16H2,1H3,(H,25,27)/t17-,22+/m1/s1. The summed E-state index contributed by atoms with van der Waals surface area (Å²) in [6.45, 7) is 2.40. The highest BCUT2D eigenvalue weighted by Crippen LogP contribution is 2.39. The molecular formula is C24H22N2O2. The van der Waals surface area contributed by atoms with E-state index in [0.717, 1.165) is 16.7 Å². The smallest absolute Gasteiger partial charge is 0.255 e. The average Bonchev–Trinajstić information content (AvgIpc) is 3.05. The number of fused-ring (bicyclic) bond motifs is 1. The van der Waals surface area contributed by atoms with Crippen molar-refractivity contribution in [3.63, 3.8) is 0 Å². The van der Waals surface area contributed by atoms with Gasteiger partial charge in [0.1, 0.15) is 6.04 Å². The molecule has 0 aromatic heterocycles. The molecule has 28 heavy (non-hydrogen) atoms. The lowest BCUT2D eigenvalue weighted by molar-refractivity contribution is -0.126. The van der Waals surface area contributed by atoms with Gasteiger partial charge in [-0.1, -0.05) is 78.9 Å². The van der Waals surface area contributed by atoms with Gasteiger partial charge in [0, 0.05) is 12.1 Å². The number of amides is 2. The lowest BCUT2D eigenvalue weighted by atomic mass is 10.0. The molecule has 140 valence electrons. The number of benzene rings is 3. The van der Waals surface area contributed by atoms with Gasteiger partial charge < -0.3 is 10.2 Å². The first kappa shape index (κ1) is 18.0. The first-order valence-corrected chi connectivity index (χ1v) is 9.45. The van der Waals surface area contributed by atoms with Crippen molar-refractivity contribution in [3.8, 4) is 0 Å². The van der Waals surface area contributed by atoms with Crippen LogP contribution in [0.1, 0.15) is 46.1 Å². The molecule has 4 nitrogen and oxygen atoms in total. The monoisotopic (exact) mass is 370 g/mol. The van der Waals surface area contributed by atoms with Crippen molar-refractivity contribution in [2.75, 3.05) is 0 Å². The van der Waals surface area contributed by atoms with Crippen LogP contribution in [0.3, 0.4) is 0 Å². The first-order chi connectivity index (χ1) is 13.7. The zero-order chi connectivity index (χ0) is 19.5. The Morgan fingerprint density at radius 2 is 1.54 bits per heavy atom. The van der Waals surface area contributed by atoms with Gasteiger partial charge >= 0.3 is 0 Å². The molecule has 1 N–H and O–H groups in total. The third-order valence-corrected chi connectivity index (χ3v) is 5.26. The molecule has 2 amide bonds. The summed E-state index contributed by atoms with van der Waals surface area (Å²) in [4.78, 5) is 28.0. The van der Waals surface area contributed by atoms with Crippen molar-refractivity contribution < 1.29 is 9.59 Å². The molecule has 4 rings (SSSR count). The average molecular weight is 370 g/mol. The van der Waals surface area contributed by atoms with Gasteiger partial charge in [-0.3, -0.25) is 9.59 Å². The van der Waals surface area contributed by atoms with E-state index < -0.39 is 6.04 Å². The molecule has 1 aliphatic heterocycles. The minimum Gasteiger partial charge on any atom is -0.350 e. The maximum atomic E-state index is 13.2. The van der Waals surface area contributed by atoms with Crippen molar-refractivity contribution in [1.82, 2.24) is 10.2 Å². The van der Waals surface area contributed by atoms with Crippen molar-refractivity contribution >= 4 is 11.8 Å². The van der Waals surface area contributed by atoms with Crippen molar-refractivity contribution in [1.29, 1.82) is 0 Å². The summed E-state index contributed by atoms with van der Waals surface area (Å²) in [6.07, 6.45) is 0. The van der Waals surface area contributed by atoms with Gasteiger partial charge in [0.25, 0.3) is 5.91 Å². The Morgan fingerprint density at radius 3 is 2.25 bits per heavy atom. The maximum Gasteiger partial charge on any atom is 0.255 e. The van der Waals surface area contributed by atoms with Crippen LogP contribution in [0.4, 0.5) is 0 Å². The van der Waals surface area contributed by atoms with Crippen LogP contribution in [0.2, 0.25) is 0 Å². The van der Waals surface area contributed by atoms with Crippen LogP contribution in [0.5, 0.6) is 0 Å². The second kappa shape index (κ2) is 7.69. The summed E-state index contributed by atoms with van der Waals surface area (Å²) in [5, 5.41) is 3.01. The minimum absolute atomic E-state index is 0.105. The van der Waals surface area contributed by atoms with Crippen LogP contribution < -0.4 is 5.32 Å². The normalized spacial score (nSPS) is 16.5. The molecule has 1 aliphatic rings. The SMILES string of the molecule is C[C@H](c1ccccc1)N1C(=O)c2ccccc2[C@H]1C(=O)NCc1ccccc1. The van der Waals surface area contributed by atoms with E-state index in [0.29, 0.717) is 12.1 Å². The van der Waals surface area contributed by atoms with Crippen LogP contribution in [0.15, 0.2) is 84.9 Å². The second-order valence-corrected chi connectivity index (χ2v) is 6.99. The summed E-state index contributed by atoms with van der Waals surface area (Å²) in [5.74, 6) is -0.267. The highest BCUT2D eigenvalue weighted by atomic mass is 16.2.